The van der Waals surface area contributed by atoms with Crippen molar-refractivity contribution >= 4 is 33.1 Å². The van der Waals surface area contributed by atoms with Gasteiger partial charge in [-0.25, -0.2) is 4.68 Å². The molecular formula is C20H17N3OS. The Balaban J connectivity index is 1.55. The first-order valence-electron chi connectivity index (χ1n) is 8.06. The summed E-state index contributed by atoms with van der Waals surface area (Å²) in [5, 5.41) is 8.40. The van der Waals surface area contributed by atoms with Crippen LogP contribution in [0.15, 0.2) is 66.9 Å². The zero-order chi connectivity index (χ0) is 17.2. The Morgan fingerprint density at radius 2 is 2.00 bits per heavy atom. The monoisotopic (exact) mass is 347 g/mol. The minimum Gasteiger partial charge on any atom is -0.306 e. The van der Waals surface area contributed by atoms with Gasteiger partial charge in [-0.3, -0.25) is 4.79 Å². The number of hydrogen-bond acceptors (Lipinski definition) is 3. The normalized spacial score (nSPS) is 10.9. The molecule has 0 unspecified atom stereocenters. The quantitative estimate of drug-likeness (QED) is 0.581. The van der Waals surface area contributed by atoms with Gasteiger partial charge in [-0.1, -0.05) is 48.0 Å². The number of rotatable bonds is 4. The van der Waals surface area contributed by atoms with E-state index < -0.39 is 0 Å². The lowest BCUT2D eigenvalue weighted by Gasteiger charge is -2.09. The zero-order valence-electron chi connectivity index (χ0n) is 13.8. The van der Waals surface area contributed by atoms with E-state index in [2.05, 4.69) is 35.5 Å². The van der Waals surface area contributed by atoms with Gasteiger partial charge in [0.2, 0.25) is 0 Å². The summed E-state index contributed by atoms with van der Waals surface area (Å²) in [6.45, 7) is 2.69. The van der Waals surface area contributed by atoms with E-state index in [4.69, 9.17) is 0 Å². The predicted octanol–water partition coefficient (Wildman–Crippen LogP) is 4.71. The number of fused-ring (bicyclic) bond motifs is 1. The summed E-state index contributed by atoms with van der Waals surface area (Å²) in [5.41, 5.74) is 2.36. The summed E-state index contributed by atoms with van der Waals surface area (Å²) in [5.74, 6) is 0.594. The van der Waals surface area contributed by atoms with Crippen LogP contribution in [0, 0.1) is 6.92 Å². The number of benzene rings is 2. The molecule has 0 saturated carbocycles. The Labute approximate surface area is 149 Å². The van der Waals surface area contributed by atoms with Crippen LogP contribution in [0.5, 0.6) is 0 Å². The fraction of sp³-hybridized carbons (Fsp3) is 0.100. The molecule has 2 aromatic carbocycles. The number of nitrogens with one attached hydrogen (secondary N) is 1. The summed E-state index contributed by atoms with van der Waals surface area (Å²) >= 11 is 1.50. The third kappa shape index (κ3) is 3.32. The second kappa shape index (κ2) is 6.53. The lowest BCUT2D eigenvalue weighted by Crippen LogP contribution is -2.15. The molecule has 1 amide bonds. The van der Waals surface area contributed by atoms with E-state index in [0.717, 1.165) is 15.6 Å². The van der Waals surface area contributed by atoms with Gasteiger partial charge in [0.1, 0.15) is 5.82 Å². The first kappa shape index (κ1) is 15.6. The summed E-state index contributed by atoms with van der Waals surface area (Å²) < 4.78 is 2.92. The van der Waals surface area contributed by atoms with E-state index in [1.54, 1.807) is 10.9 Å². The standard InChI is InChI=1S/C20H17N3OS/c1-14-5-4-6-15(11-14)13-23-19(9-10-21-23)22-20(24)18-12-16-7-2-3-8-17(16)25-18/h2-12H,13H2,1H3,(H,22,24). The van der Waals surface area contributed by atoms with Crippen molar-refractivity contribution in [1.29, 1.82) is 0 Å². The van der Waals surface area contributed by atoms with Gasteiger partial charge in [0.05, 0.1) is 17.6 Å². The molecule has 1 N–H and O–H groups in total. The molecule has 0 bridgehead atoms. The highest BCUT2D eigenvalue weighted by Gasteiger charge is 2.13. The molecule has 0 spiro atoms. The number of thiophene rings is 1. The van der Waals surface area contributed by atoms with Crippen molar-refractivity contribution in [1.82, 2.24) is 9.78 Å². The summed E-state index contributed by atoms with van der Waals surface area (Å²) in [4.78, 5) is 13.3. The van der Waals surface area contributed by atoms with Crippen molar-refractivity contribution in [3.63, 3.8) is 0 Å². The fourth-order valence-electron chi connectivity index (χ4n) is 2.82. The van der Waals surface area contributed by atoms with Crippen LogP contribution in [0.25, 0.3) is 10.1 Å². The average molecular weight is 347 g/mol. The Morgan fingerprint density at radius 1 is 1.12 bits per heavy atom. The van der Waals surface area contributed by atoms with E-state index >= 15 is 0 Å². The van der Waals surface area contributed by atoms with Gasteiger partial charge in [0, 0.05) is 10.8 Å². The first-order valence-corrected chi connectivity index (χ1v) is 8.88. The average Bonchev–Trinajstić information content (AvgIpc) is 3.22. The fourth-order valence-corrected chi connectivity index (χ4v) is 3.78. The second-order valence-corrected chi connectivity index (χ2v) is 7.05. The Morgan fingerprint density at radius 3 is 2.84 bits per heavy atom. The molecule has 2 aromatic heterocycles. The van der Waals surface area contributed by atoms with Crippen LogP contribution in [0.2, 0.25) is 0 Å². The van der Waals surface area contributed by atoms with Crippen molar-refractivity contribution in [2.75, 3.05) is 5.32 Å². The van der Waals surface area contributed by atoms with Crippen molar-refractivity contribution in [2.45, 2.75) is 13.5 Å². The smallest absolute Gasteiger partial charge is 0.266 e. The molecule has 0 aliphatic heterocycles. The van der Waals surface area contributed by atoms with Crippen molar-refractivity contribution in [3.8, 4) is 0 Å². The van der Waals surface area contributed by atoms with Gasteiger partial charge in [-0.2, -0.15) is 5.10 Å². The lowest BCUT2D eigenvalue weighted by atomic mass is 10.1. The highest BCUT2D eigenvalue weighted by atomic mass is 32.1. The maximum atomic E-state index is 12.6. The van der Waals surface area contributed by atoms with Gasteiger partial charge in [-0.15, -0.1) is 11.3 Å². The molecule has 0 aliphatic rings. The molecule has 0 saturated heterocycles. The number of nitrogens with zero attached hydrogens (tertiary/aromatic N) is 2. The molecule has 0 radical (unpaired) electrons. The van der Waals surface area contributed by atoms with Crippen LogP contribution in [-0.4, -0.2) is 15.7 Å². The highest BCUT2D eigenvalue weighted by Crippen LogP contribution is 2.26. The number of anilines is 1. The third-order valence-electron chi connectivity index (χ3n) is 4.02. The summed E-state index contributed by atoms with van der Waals surface area (Å²) in [6.07, 6.45) is 1.70. The van der Waals surface area contributed by atoms with Crippen LogP contribution < -0.4 is 5.32 Å². The molecule has 0 atom stereocenters. The van der Waals surface area contributed by atoms with Crippen LogP contribution in [0.3, 0.4) is 0 Å². The number of carbonyl (C=O) groups is 1. The van der Waals surface area contributed by atoms with Crippen LogP contribution in [-0.2, 0) is 6.54 Å². The second-order valence-electron chi connectivity index (χ2n) is 5.97. The van der Waals surface area contributed by atoms with Crippen LogP contribution in [0.4, 0.5) is 5.82 Å². The molecule has 4 nitrogen and oxygen atoms in total. The third-order valence-corrected chi connectivity index (χ3v) is 5.14. The number of aryl methyl sites for hydroxylation is 1. The van der Waals surface area contributed by atoms with E-state index in [-0.39, 0.29) is 5.91 Å². The van der Waals surface area contributed by atoms with Crippen molar-refractivity contribution in [3.05, 3.63) is 82.9 Å². The van der Waals surface area contributed by atoms with Gasteiger partial charge < -0.3 is 5.32 Å². The maximum Gasteiger partial charge on any atom is 0.266 e. The SMILES string of the molecule is Cc1cccc(Cn2nccc2NC(=O)c2cc3ccccc3s2)c1. The molecule has 5 heteroatoms. The number of aromatic nitrogens is 2. The number of hydrogen-bond donors (Lipinski definition) is 1. The minimum absolute atomic E-state index is 0.104. The molecule has 4 rings (SSSR count). The predicted molar refractivity (Wildman–Crippen MR) is 102 cm³/mol. The van der Waals surface area contributed by atoms with Gasteiger partial charge in [0.25, 0.3) is 5.91 Å². The molecule has 4 aromatic rings. The Bertz CT molecular complexity index is 1010. The zero-order valence-corrected chi connectivity index (χ0v) is 14.6. The van der Waals surface area contributed by atoms with Crippen molar-refractivity contribution < 1.29 is 4.79 Å². The molecule has 0 fully saturated rings. The van der Waals surface area contributed by atoms with Crippen LogP contribution >= 0.6 is 11.3 Å². The maximum absolute atomic E-state index is 12.6. The van der Waals surface area contributed by atoms with Gasteiger partial charge in [0.15, 0.2) is 0 Å². The molecular weight excluding hydrogens is 330 g/mol. The van der Waals surface area contributed by atoms with Gasteiger partial charge in [-0.05, 0) is 30.0 Å². The highest BCUT2D eigenvalue weighted by molar-refractivity contribution is 7.20. The first-order chi connectivity index (χ1) is 12.2. The number of carbonyl (C=O) groups excluding carboxylic acids is 1. The Hall–Kier alpha value is -2.92. The van der Waals surface area contributed by atoms with Crippen molar-refractivity contribution in [2.24, 2.45) is 0 Å². The molecule has 2 heterocycles. The number of amides is 1. The summed E-state index contributed by atoms with van der Waals surface area (Å²) in [7, 11) is 0. The Kier molecular flexibility index (Phi) is 4.07. The van der Waals surface area contributed by atoms with E-state index in [9.17, 15) is 4.79 Å². The largest absolute Gasteiger partial charge is 0.306 e. The lowest BCUT2D eigenvalue weighted by molar-refractivity contribution is 0.102. The topological polar surface area (TPSA) is 46.9 Å². The molecule has 0 aliphatic carbocycles. The van der Waals surface area contributed by atoms with E-state index in [1.807, 2.05) is 42.5 Å². The molecule has 25 heavy (non-hydrogen) atoms. The van der Waals surface area contributed by atoms with Gasteiger partial charge >= 0.3 is 0 Å². The van der Waals surface area contributed by atoms with E-state index in [0.29, 0.717) is 17.2 Å². The molecule has 124 valence electrons. The van der Waals surface area contributed by atoms with Crippen LogP contribution in [0.1, 0.15) is 20.8 Å². The minimum atomic E-state index is -0.104. The van der Waals surface area contributed by atoms with E-state index in [1.165, 1.54) is 16.9 Å². The summed E-state index contributed by atoms with van der Waals surface area (Å²) in [6, 6.07) is 20.0.